The highest BCUT2D eigenvalue weighted by atomic mass is 32.2. The summed E-state index contributed by atoms with van der Waals surface area (Å²) < 4.78 is 0. The number of hydrogen-bond donors (Lipinski definition) is 0. The smallest absolute Gasteiger partial charge is 0.159 e. The zero-order chi connectivity index (χ0) is 12.4. The molecule has 0 aromatic carbocycles. The summed E-state index contributed by atoms with van der Waals surface area (Å²) in [6, 6.07) is 0. The van der Waals surface area contributed by atoms with E-state index in [1.807, 2.05) is 17.3 Å². The Labute approximate surface area is 116 Å². The average Bonchev–Trinajstić information content (AvgIpc) is 3.02. The monoisotopic (exact) mass is 282 g/mol. The van der Waals surface area contributed by atoms with Gasteiger partial charge in [0.25, 0.3) is 0 Å². The van der Waals surface area contributed by atoms with Gasteiger partial charge in [-0.25, -0.2) is 4.98 Å². The van der Waals surface area contributed by atoms with Gasteiger partial charge in [0.15, 0.2) is 5.17 Å². The Morgan fingerprint density at radius 2 is 2.17 bits per heavy atom. The van der Waals surface area contributed by atoms with Crippen LogP contribution in [-0.2, 0) is 6.54 Å². The lowest BCUT2D eigenvalue weighted by molar-refractivity contribution is 0.176. The minimum Gasteiger partial charge on any atom is -0.349 e. The van der Waals surface area contributed by atoms with E-state index in [-0.39, 0.29) is 0 Å². The van der Waals surface area contributed by atoms with Crippen LogP contribution in [0, 0.1) is 0 Å². The Kier molecular flexibility index (Phi) is 3.86. The van der Waals surface area contributed by atoms with Crippen molar-refractivity contribution in [3.63, 3.8) is 0 Å². The molecule has 0 saturated carbocycles. The SMILES string of the molecule is CC1CN=C(N2CCN(Cc3cscn3)CC2)S1. The first-order valence-corrected chi connectivity index (χ1v) is 8.19. The minimum atomic E-state index is 0.660. The first-order chi connectivity index (χ1) is 8.81. The van der Waals surface area contributed by atoms with Crippen molar-refractivity contribution in [1.82, 2.24) is 14.8 Å². The third kappa shape index (κ3) is 2.87. The lowest BCUT2D eigenvalue weighted by Crippen LogP contribution is -2.47. The summed E-state index contributed by atoms with van der Waals surface area (Å²) in [5.41, 5.74) is 3.12. The summed E-state index contributed by atoms with van der Waals surface area (Å²) in [5.74, 6) is 0. The van der Waals surface area contributed by atoms with Gasteiger partial charge in [-0.1, -0.05) is 18.7 Å². The molecular formula is C12H18N4S2. The molecule has 1 atom stereocenters. The van der Waals surface area contributed by atoms with Crippen LogP contribution in [0.2, 0.25) is 0 Å². The first-order valence-electron chi connectivity index (χ1n) is 6.37. The number of hydrogen-bond acceptors (Lipinski definition) is 6. The number of aliphatic imine (C=N–C) groups is 1. The Balaban J connectivity index is 1.49. The number of nitrogens with zero attached hydrogens (tertiary/aromatic N) is 4. The predicted octanol–water partition coefficient (Wildman–Crippen LogP) is 1.75. The summed E-state index contributed by atoms with van der Waals surface area (Å²) >= 11 is 3.60. The van der Waals surface area contributed by atoms with Gasteiger partial charge in [-0.3, -0.25) is 9.89 Å². The lowest BCUT2D eigenvalue weighted by Gasteiger charge is -2.35. The molecule has 1 saturated heterocycles. The van der Waals surface area contributed by atoms with E-state index in [1.54, 1.807) is 11.3 Å². The number of thiazole rings is 1. The second-order valence-electron chi connectivity index (χ2n) is 4.79. The minimum absolute atomic E-state index is 0.660. The molecule has 18 heavy (non-hydrogen) atoms. The highest BCUT2D eigenvalue weighted by molar-refractivity contribution is 8.14. The summed E-state index contributed by atoms with van der Waals surface area (Å²) in [6.45, 7) is 8.66. The molecule has 3 rings (SSSR count). The van der Waals surface area contributed by atoms with E-state index in [1.165, 1.54) is 10.9 Å². The molecular weight excluding hydrogens is 264 g/mol. The number of aromatic nitrogens is 1. The molecule has 1 aromatic rings. The van der Waals surface area contributed by atoms with Crippen LogP contribution < -0.4 is 0 Å². The van der Waals surface area contributed by atoms with Gasteiger partial charge in [0.1, 0.15) is 0 Å². The van der Waals surface area contributed by atoms with E-state index in [4.69, 9.17) is 0 Å². The fourth-order valence-electron chi connectivity index (χ4n) is 2.28. The predicted molar refractivity (Wildman–Crippen MR) is 78.3 cm³/mol. The fourth-order valence-corrected chi connectivity index (χ4v) is 3.82. The molecule has 0 amide bonds. The second-order valence-corrected chi connectivity index (χ2v) is 6.92. The largest absolute Gasteiger partial charge is 0.349 e. The van der Waals surface area contributed by atoms with Gasteiger partial charge in [0.05, 0.1) is 17.7 Å². The zero-order valence-electron chi connectivity index (χ0n) is 10.6. The summed E-state index contributed by atoms with van der Waals surface area (Å²) in [5, 5.41) is 4.06. The number of amidine groups is 1. The van der Waals surface area contributed by atoms with Crippen molar-refractivity contribution < 1.29 is 0 Å². The third-order valence-electron chi connectivity index (χ3n) is 3.30. The summed E-state index contributed by atoms with van der Waals surface area (Å²) in [7, 11) is 0. The van der Waals surface area contributed by atoms with E-state index in [9.17, 15) is 0 Å². The maximum atomic E-state index is 4.62. The third-order valence-corrected chi connectivity index (χ3v) is 5.09. The van der Waals surface area contributed by atoms with Crippen molar-refractivity contribution in [3.8, 4) is 0 Å². The highest BCUT2D eigenvalue weighted by Crippen LogP contribution is 2.23. The van der Waals surface area contributed by atoms with Crippen molar-refractivity contribution in [2.75, 3.05) is 32.7 Å². The van der Waals surface area contributed by atoms with Gasteiger partial charge in [-0.05, 0) is 0 Å². The molecule has 0 aliphatic carbocycles. The average molecular weight is 282 g/mol. The number of thioether (sulfide) groups is 1. The van der Waals surface area contributed by atoms with E-state index >= 15 is 0 Å². The Bertz CT molecular complexity index is 410. The van der Waals surface area contributed by atoms with Crippen LogP contribution in [0.4, 0.5) is 0 Å². The summed E-state index contributed by atoms with van der Waals surface area (Å²) in [4.78, 5) is 13.9. The first kappa shape index (κ1) is 12.4. The Morgan fingerprint density at radius 3 is 2.78 bits per heavy atom. The molecule has 3 heterocycles. The molecule has 2 aliphatic rings. The van der Waals surface area contributed by atoms with Crippen molar-refractivity contribution in [2.45, 2.75) is 18.7 Å². The molecule has 98 valence electrons. The Morgan fingerprint density at radius 1 is 1.33 bits per heavy atom. The zero-order valence-corrected chi connectivity index (χ0v) is 12.2. The quantitative estimate of drug-likeness (QED) is 0.827. The van der Waals surface area contributed by atoms with E-state index in [0.29, 0.717) is 5.25 Å². The summed E-state index contributed by atoms with van der Waals surface area (Å²) in [6.07, 6.45) is 0. The van der Waals surface area contributed by atoms with Crippen LogP contribution >= 0.6 is 23.1 Å². The van der Waals surface area contributed by atoms with Crippen LogP contribution in [0.25, 0.3) is 0 Å². The molecule has 0 N–H and O–H groups in total. The van der Waals surface area contributed by atoms with Crippen molar-refractivity contribution in [1.29, 1.82) is 0 Å². The number of piperazine rings is 1. The van der Waals surface area contributed by atoms with Crippen LogP contribution in [-0.4, -0.2) is 57.9 Å². The molecule has 2 aliphatic heterocycles. The standard InChI is InChI=1S/C12H18N4S2/c1-10-6-13-12(18-10)16-4-2-15(3-5-16)7-11-8-17-9-14-11/h8-10H,2-7H2,1H3. The van der Waals surface area contributed by atoms with Crippen molar-refractivity contribution >= 4 is 28.3 Å². The van der Waals surface area contributed by atoms with Gasteiger partial charge in [0.2, 0.25) is 0 Å². The fraction of sp³-hybridized carbons (Fsp3) is 0.667. The van der Waals surface area contributed by atoms with E-state index in [0.717, 1.165) is 39.3 Å². The molecule has 0 bridgehead atoms. The molecule has 1 fully saturated rings. The normalized spacial score (nSPS) is 25.5. The van der Waals surface area contributed by atoms with Gasteiger partial charge < -0.3 is 4.90 Å². The van der Waals surface area contributed by atoms with Crippen LogP contribution in [0.15, 0.2) is 15.9 Å². The van der Waals surface area contributed by atoms with E-state index in [2.05, 4.69) is 32.1 Å². The van der Waals surface area contributed by atoms with Crippen LogP contribution in [0.1, 0.15) is 12.6 Å². The molecule has 1 aromatic heterocycles. The molecule has 0 spiro atoms. The highest BCUT2D eigenvalue weighted by Gasteiger charge is 2.24. The van der Waals surface area contributed by atoms with Gasteiger partial charge in [-0.15, -0.1) is 11.3 Å². The van der Waals surface area contributed by atoms with Crippen molar-refractivity contribution in [3.05, 3.63) is 16.6 Å². The van der Waals surface area contributed by atoms with E-state index < -0.39 is 0 Å². The topological polar surface area (TPSA) is 31.7 Å². The maximum absolute atomic E-state index is 4.62. The van der Waals surface area contributed by atoms with Crippen LogP contribution in [0.5, 0.6) is 0 Å². The number of rotatable bonds is 2. The van der Waals surface area contributed by atoms with Crippen molar-refractivity contribution in [2.24, 2.45) is 4.99 Å². The molecule has 0 radical (unpaired) electrons. The molecule has 1 unspecified atom stereocenters. The van der Waals surface area contributed by atoms with Gasteiger partial charge in [0, 0.05) is 43.4 Å². The molecule has 6 heteroatoms. The second kappa shape index (κ2) is 5.59. The van der Waals surface area contributed by atoms with Gasteiger partial charge >= 0.3 is 0 Å². The Hall–Kier alpha value is -0.590. The van der Waals surface area contributed by atoms with Gasteiger partial charge in [-0.2, -0.15) is 0 Å². The van der Waals surface area contributed by atoms with Crippen LogP contribution in [0.3, 0.4) is 0 Å². The lowest BCUT2D eigenvalue weighted by atomic mass is 10.3. The maximum Gasteiger partial charge on any atom is 0.159 e. The molecule has 4 nitrogen and oxygen atoms in total.